The van der Waals surface area contributed by atoms with Crippen molar-refractivity contribution in [3.63, 3.8) is 0 Å². The van der Waals surface area contributed by atoms with Crippen LogP contribution in [0.1, 0.15) is 23.6 Å². The van der Waals surface area contributed by atoms with E-state index in [0.29, 0.717) is 33.8 Å². The Kier molecular flexibility index (Phi) is 6.77. The van der Waals surface area contributed by atoms with Crippen molar-refractivity contribution in [2.75, 3.05) is 18.6 Å². The van der Waals surface area contributed by atoms with Gasteiger partial charge in [-0.2, -0.15) is 0 Å². The van der Waals surface area contributed by atoms with Crippen molar-refractivity contribution >= 4 is 46.0 Å². The zero-order valence-corrected chi connectivity index (χ0v) is 18.4. The normalized spacial score (nSPS) is 15.1. The maximum Gasteiger partial charge on any atom is 0.270 e. The first-order valence-corrected chi connectivity index (χ1v) is 10.5. The van der Waals surface area contributed by atoms with Crippen molar-refractivity contribution < 1.29 is 14.3 Å². The van der Waals surface area contributed by atoms with E-state index in [9.17, 15) is 4.79 Å². The SMILES string of the molecule is C=CCc1cc(/C=C2\SC(=S)N(c3ccc(C)cc3)C2=O)cc(OCC)c1OC. The third-order valence-electron chi connectivity index (χ3n) is 4.41. The van der Waals surface area contributed by atoms with Crippen LogP contribution in [-0.2, 0) is 11.2 Å². The van der Waals surface area contributed by atoms with E-state index in [2.05, 4.69) is 6.58 Å². The zero-order chi connectivity index (χ0) is 21.0. The number of ether oxygens (including phenoxy) is 2. The van der Waals surface area contributed by atoms with Crippen LogP contribution in [0.15, 0.2) is 54.0 Å². The molecule has 3 rings (SSSR count). The zero-order valence-electron chi connectivity index (χ0n) is 16.7. The fourth-order valence-corrected chi connectivity index (χ4v) is 4.40. The summed E-state index contributed by atoms with van der Waals surface area (Å²) in [5.41, 5.74) is 3.72. The van der Waals surface area contributed by atoms with Gasteiger partial charge in [-0.3, -0.25) is 9.69 Å². The minimum absolute atomic E-state index is 0.122. The number of thioether (sulfide) groups is 1. The molecule has 1 amide bonds. The van der Waals surface area contributed by atoms with E-state index in [1.165, 1.54) is 11.8 Å². The maximum atomic E-state index is 13.0. The Bertz CT molecular complexity index is 980. The fourth-order valence-electron chi connectivity index (χ4n) is 3.10. The molecule has 0 spiro atoms. The molecule has 1 saturated heterocycles. The molecule has 150 valence electrons. The summed E-state index contributed by atoms with van der Waals surface area (Å²) < 4.78 is 11.8. The predicted molar refractivity (Wildman–Crippen MR) is 125 cm³/mol. The molecule has 0 atom stereocenters. The molecule has 0 radical (unpaired) electrons. The van der Waals surface area contributed by atoms with Crippen molar-refractivity contribution in [3.05, 3.63) is 70.6 Å². The Balaban J connectivity index is 1.99. The van der Waals surface area contributed by atoms with E-state index in [1.807, 2.05) is 62.4 Å². The van der Waals surface area contributed by atoms with Gasteiger partial charge in [-0.1, -0.05) is 47.8 Å². The number of amides is 1. The molecule has 0 aliphatic carbocycles. The van der Waals surface area contributed by atoms with E-state index in [1.54, 1.807) is 12.0 Å². The lowest BCUT2D eigenvalue weighted by atomic mass is 10.0. The van der Waals surface area contributed by atoms with Crippen molar-refractivity contribution in [3.8, 4) is 11.5 Å². The molecule has 2 aromatic carbocycles. The van der Waals surface area contributed by atoms with E-state index in [-0.39, 0.29) is 5.91 Å². The minimum atomic E-state index is -0.122. The Hall–Kier alpha value is -2.57. The van der Waals surface area contributed by atoms with Crippen LogP contribution < -0.4 is 14.4 Å². The van der Waals surface area contributed by atoms with Crippen LogP contribution in [0.5, 0.6) is 11.5 Å². The molecule has 1 aliphatic heterocycles. The quantitative estimate of drug-likeness (QED) is 0.331. The third-order valence-corrected chi connectivity index (χ3v) is 5.71. The van der Waals surface area contributed by atoms with Crippen LogP contribution in [0, 0.1) is 6.92 Å². The molecule has 0 saturated carbocycles. The van der Waals surface area contributed by atoms with Crippen molar-refractivity contribution in [2.24, 2.45) is 0 Å². The van der Waals surface area contributed by atoms with Gasteiger partial charge in [-0.25, -0.2) is 0 Å². The molecule has 4 nitrogen and oxygen atoms in total. The number of hydrogen-bond acceptors (Lipinski definition) is 5. The van der Waals surface area contributed by atoms with Gasteiger partial charge in [0, 0.05) is 5.56 Å². The van der Waals surface area contributed by atoms with Crippen LogP contribution in [0.2, 0.25) is 0 Å². The molecule has 0 unspecified atom stereocenters. The highest BCUT2D eigenvalue weighted by atomic mass is 32.2. The van der Waals surface area contributed by atoms with Crippen LogP contribution in [-0.4, -0.2) is 23.9 Å². The second-order valence-electron chi connectivity index (χ2n) is 6.49. The molecule has 0 aromatic heterocycles. The van der Waals surface area contributed by atoms with Crippen molar-refractivity contribution in [1.82, 2.24) is 0 Å². The molecular formula is C23H23NO3S2. The summed E-state index contributed by atoms with van der Waals surface area (Å²) >= 11 is 6.77. The van der Waals surface area contributed by atoms with Gasteiger partial charge in [0.2, 0.25) is 0 Å². The summed E-state index contributed by atoms with van der Waals surface area (Å²) in [6, 6.07) is 11.6. The lowest BCUT2D eigenvalue weighted by Gasteiger charge is -2.15. The number of carbonyl (C=O) groups is 1. The first kappa shape index (κ1) is 21.1. The summed E-state index contributed by atoms with van der Waals surface area (Å²) in [7, 11) is 1.62. The highest BCUT2D eigenvalue weighted by Gasteiger charge is 2.33. The number of nitrogens with zero attached hydrogens (tertiary/aromatic N) is 1. The number of methoxy groups -OCH3 is 1. The second kappa shape index (κ2) is 9.29. The van der Waals surface area contributed by atoms with E-state index in [4.69, 9.17) is 21.7 Å². The molecular weight excluding hydrogens is 402 g/mol. The molecule has 29 heavy (non-hydrogen) atoms. The number of hydrogen-bond donors (Lipinski definition) is 0. The Morgan fingerprint density at radius 1 is 1.24 bits per heavy atom. The molecule has 1 heterocycles. The standard InChI is InChI=1S/C23H23NO3S2/c1-5-7-17-12-16(13-19(27-6-2)21(17)26-4)14-20-22(25)24(23(28)29-20)18-10-8-15(3)9-11-18/h5,8-14H,1,6-7H2,2-4H3/b20-14-. The Labute approximate surface area is 181 Å². The van der Waals surface area contributed by atoms with E-state index < -0.39 is 0 Å². The van der Waals surface area contributed by atoms with Gasteiger partial charge in [0.1, 0.15) is 0 Å². The van der Waals surface area contributed by atoms with Gasteiger partial charge in [-0.15, -0.1) is 6.58 Å². The summed E-state index contributed by atoms with van der Waals surface area (Å²) in [5.74, 6) is 1.22. The fraction of sp³-hybridized carbons (Fsp3) is 0.217. The molecule has 2 aromatic rings. The number of thiocarbonyl (C=S) groups is 1. The highest BCUT2D eigenvalue weighted by Crippen LogP contribution is 2.38. The third kappa shape index (κ3) is 4.54. The molecule has 0 bridgehead atoms. The Morgan fingerprint density at radius 3 is 2.59 bits per heavy atom. The average molecular weight is 426 g/mol. The van der Waals surface area contributed by atoms with Gasteiger partial charge in [0.05, 0.1) is 24.3 Å². The predicted octanol–water partition coefficient (Wildman–Crippen LogP) is 5.54. The molecule has 0 N–H and O–H groups in total. The molecule has 6 heteroatoms. The second-order valence-corrected chi connectivity index (χ2v) is 8.17. The maximum absolute atomic E-state index is 13.0. The lowest BCUT2D eigenvalue weighted by molar-refractivity contribution is -0.113. The van der Waals surface area contributed by atoms with E-state index in [0.717, 1.165) is 22.4 Å². The monoisotopic (exact) mass is 425 g/mol. The largest absolute Gasteiger partial charge is 0.493 e. The average Bonchev–Trinajstić information content (AvgIpc) is 2.96. The summed E-state index contributed by atoms with van der Waals surface area (Å²) in [6.07, 6.45) is 4.30. The number of benzene rings is 2. The first-order chi connectivity index (χ1) is 14.0. The van der Waals surface area contributed by atoms with Crippen molar-refractivity contribution in [2.45, 2.75) is 20.3 Å². The summed E-state index contributed by atoms with van der Waals surface area (Å²) in [4.78, 5) is 15.2. The number of carbonyl (C=O) groups excluding carboxylic acids is 1. The van der Waals surface area contributed by atoms with Crippen LogP contribution >= 0.6 is 24.0 Å². The molecule has 1 fully saturated rings. The summed E-state index contributed by atoms with van der Waals surface area (Å²) in [6.45, 7) is 8.27. The van der Waals surface area contributed by atoms with Crippen LogP contribution in [0.4, 0.5) is 5.69 Å². The molecule has 1 aliphatic rings. The Morgan fingerprint density at radius 2 is 1.97 bits per heavy atom. The highest BCUT2D eigenvalue weighted by molar-refractivity contribution is 8.27. The van der Waals surface area contributed by atoms with Gasteiger partial charge < -0.3 is 9.47 Å². The number of aryl methyl sites for hydroxylation is 1. The van der Waals surface area contributed by atoms with Crippen molar-refractivity contribution in [1.29, 1.82) is 0 Å². The number of anilines is 1. The van der Waals surface area contributed by atoms with Gasteiger partial charge >= 0.3 is 0 Å². The van der Waals surface area contributed by atoms with Crippen LogP contribution in [0.25, 0.3) is 6.08 Å². The summed E-state index contributed by atoms with van der Waals surface area (Å²) in [5, 5.41) is 0. The number of allylic oxidation sites excluding steroid dienone is 1. The first-order valence-electron chi connectivity index (χ1n) is 9.27. The number of rotatable bonds is 7. The van der Waals surface area contributed by atoms with Crippen LogP contribution in [0.3, 0.4) is 0 Å². The van der Waals surface area contributed by atoms with Gasteiger partial charge in [-0.05, 0) is 56.2 Å². The topological polar surface area (TPSA) is 38.8 Å². The minimum Gasteiger partial charge on any atom is -0.493 e. The van der Waals surface area contributed by atoms with Gasteiger partial charge in [0.25, 0.3) is 5.91 Å². The van der Waals surface area contributed by atoms with E-state index >= 15 is 0 Å². The van der Waals surface area contributed by atoms with Gasteiger partial charge in [0.15, 0.2) is 15.8 Å². The lowest BCUT2D eigenvalue weighted by Crippen LogP contribution is -2.27. The smallest absolute Gasteiger partial charge is 0.270 e.